The van der Waals surface area contributed by atoms with Crippen molar-refractivity contribution in [3.63, 3.8) is 0 Å². The minimum absolute atomic E-state index is 0.592. The van der Waals surface area contributed by atoms with Crippen molar-refractivity contribution in [1.82, 2.24) is 15.0 Å². The molecule has 0 aliphatic rings. The summed E-state index contributed by atoms with van der Waals surface area (Å²) in [4.78, 5) is 15.1. The van der Waals surface area contributed by atoms with Crippen LogP contribution in [0.4, 0.5) is 0 Å². The van der Waals surface area contributed by atoms with Gasteiger partial charge in [-0.1, -0.05) is 146 Å². The molecule has 0 N–H and O–H groups in total. The van der Waals surface area contributed by atoms with Gasteiger partial charge < -0.3 is 4.42 Å². The van der Waals surface area contributed by atoms with Gasteiger partial charge in [-0.15, -0.1) is 0 Å². The van der Waals surface area contributed by atoms with Crippen molar-refractivity contribution in [2.75, 3.05) is 0 Å². The second-order valence-corrected chi connectivity index (χ2v) is 12.8. The summed E-state index contributed by atoms with van der Waals surface area (Å²) in [5.41, 5.74) is 9.09. The molecular formula is C47H29N3O. The van der Waals surface area contributed by atoms with Gasteiger partial charge in [0.2, 0.25) is 0 Å². The first kappa shape index (κ1) is 29.0. The van der Waals surface area contributed by atoms with Gasteiger partial charge in [0.1, 0.15) is 11.2 Å². The molecule has 0 amide bonds. The van der Waals surface area contributed by atoms with E-state index in [1.807, 2.05) is 42.5 Å². The maximum Gasteiger partial charge on any atom is 0.164 e. The predicted octanol–water partition coefficient (Wildman–Crippen LogP) is 12.4. The average molecular weight is 652 g/mol. The van der Waals surface area contributed by atoms with E-state index < -0.39 is 0 Å². The van der Waals surface area contributed by atoms with E-state index in [9.17, 15) is 0 Å². The van der Waals surface area contributed by atoms with Gasteiger partial charge >= 0.3 is 0 Å². The van der Waals surface area contributed by atoms with E-state index in [4.69, 9.17) is 19.4 Å². The van der Waals surface area contributed by atoms with E-state index in [2.05, 4.69) is 133 Å². The SMILES string of the molecule is c1ccc(-c2ccc3cc(-c4nc(-c5ccccc5)nc(-c5ccc6c(c5)oc5c7ccccc7cc(-c7ccccc7)c65)n4)ccc3c2)cc1. The van der Waals surface area contributed by atoms with Crippen molar-refractivity contribution in [2.24, 2.45) is 0 Å². The van der Waals surface area contributed by atoms with Gasteiger partial charge in [0.15, 0.2) is 17.5 Å². The molecule has 0 saturated carbocycles. The molecular weight excluding hydrogens is 623 g/mol. The smallest absolute Gasteiger partial charge is 0.164 e. The molecule has 4 nitrogen and oxygen atoms in total. The lowest BCUT2D eigenvalue weighted by molar-refractivity contribution is 0.673. The fourth-order valence-electron chi connectivity index (χ4n) is 7.14. The number of nitrogens with zero attached hydrogens (tertiary/aromatic N) is 3. The van der Waals surface area contributed by atoms with E-state index in [1.54, 1.807) is 0 Å². The third-order valence-corrected chi connectivity index (χ3v) is 9.68. The van der Waals surface area contributed by atoms with E-state index in [0.29, 0.717) is 17.5 Å². The predicted molar refractivity (Wildman–Crippen MR) is 209 cm³/mol. The second-order valence-electron chi connectivity index (χ2n) is 12.8. The van der Waals surface area contributed by atoms with Gasteiger partial charge in [-0.25, -0.2) is 15.0 Å². The van der Waals surface area contributed by atoms with Crippen LogP contribution in [-0.2, 0) is 0 Å². The molecule has 8 aromatic carbocycles. The fraction of sp³-hybridized carbons (Fsp3) is 0. The van der Waals surface area contributed by atoms with Crippen molar-refractivity contribution < 1.29 is 4.42 Å². The van der Waals surface area contributed by atoms with Crippen LogP contribution in [0.3, 0.4) is 0 Å². The molecule has 0 unspecified atom stereocenters. The largest absolute Gasteiger partial charge is 0.455 e. The number of fused-ring (bicyclic) bond motifs is 6. The zero-order chi connectivity index (χ0) is 33.7. The van der Waals surface area contributed by atoms with Gasteiger partial charge in [-0.2, -0.15) is 0 Å². The highest BCUT2D eigenvalue weighted by Gasteiger charge is 2.19. The molecule has 238 valence electrons. The summed E-state index contributed by atoms with van der Waals surface area (Å²) in [5, 5.41) is 6.68. The van der Waals surface area contributed by atoms with E-state index in [-0.39, 0.29) is 0 Å². The van der Waals surface area contributed by atoms with Crippen LogP contribution < -0.4 is 0 Å². The highest BCUT2D eigenvalue weighted by atomic mass is 16.3. The Kier molecular flexibility index (Phi) is 6.78. The molecule has 10 rings (SSSR count). The Hall–Kier alpha value is -6.91. The monoisotopic (exact) mass is 651 g/mol. The van der Waals surface area contributed by atoms with Gasteiger partial charge in [0.25, 0.3) is 0 Å². The molecule has 0 saturated heterocycles. The third kappa shape index (κ3) is 5.13. The Morgan fingerprint density at radius 3 is 1.57 bits per heavy atom. The van der Waals surface area contributed by atoms with E-state index >= 15 is 0 Å². The maximum absolute atomic E-state index is 6.74. The van der Waals surface area contributed by atoms with Gasteiger partial charge in [0.05, 0.1) is 0 Å². The zero-order valence-corrected chi connectivity index (χ0v) is 27.5. The molecule has 10 aromatic rings. The topological polar surface area (TPSA) is 51.8 Å². The van der Waals surface area contributed by atoms with Crippen LogP contribution in [0.15, 0.2) is 180 Å². The minimum Gasteiger partial charge on any atom is -0.455 e. The number of aromatic nitrogens is 3. The zero-order valence-electron chi connectivity index (χ0n) is 27.5. The number of benzene rings is 8. The molecule has 2 aromatic heterocycles. The summed E-state index contributed by atoms with van der Waals surface area (Å²) in [6.45, 7) is 0. The molecule has 51 heavy (non-hydrogen) atoms. The van der Waals surface area contributed by atoms with Gasteiger partial charge in [-0.05, 0) is 68.7 Å². The first-order chi connectivity index (χ1) is 25.2. The summed E-state index contributed by atoms with van der Waals surface area (Å²) in [6, 6.07) is 61.1. The van der Waals surface area contributed by atoms with Crippen molar-refractivity contribution in [1.29, 1.82) is 0 Å². The molecule has 0 atom stereocenters. The minimum atomic E-state index is 0.592. The highest BCUT2D eigenvalue weighted by Crippen LogP contribution is 2.42. The Bertz CT molecular complexity index is 2900. The first-order valence-electron chi connectivity index (χ1n) is 17.1. The number of rotatable bonds is 5. The number of hydrogen-bond acceptors (Lipinski definition) is 4. The molecule has 0 aliphatic carbocycles. The van der Waals surface area contributed by atoms with Crippen LogP contribution in [0.1, 0.15) is 0 Å². The number of hydrogen-bond donors (Lipinski definition) is 0. The Morgan fingerprint density at radius 2 is 0.863 bits per heavy atom. The summed E-state index contributed by atoms with van der Waals surface area (Å²) in [6.07, 6.45) is 0. The van der Waals surface area contributed by atoms with E-state index in [0.717, 1.165) is 71.3 Å². The highest BCUT2D eigenvalue weighted by molar-refractivity contribution is 6.21. The van der Waals surface area contributed by atoms with Gasteiger partial charge in [-0.3, -0.25) is 0 Å². The van der Waals surface area contributed by atoms with Crippen molar-refractivity contribution >= 4 is 43.5 Å². The lowest BCUT2D eigenvalue weighted by Gasteiger charge is -2.10. The Labute approximate surface area is 294 Å². The third-order valence-electron chi connectivity index (χ3n) is 9.68. The standard InChI is InChI=1S/C47H29N3O/c1-4-12-30(13-5-1)33-20-21-35-27-37(23-22-34(35)26-33)46-48-45(32-16-8-3-9-17-32)49-47(50-46)38-24-25-40-42(29-38)51-44-39-19-11-10-18-36(39)28-41(43(40)44)31-14-6-2-7-15-31/h1-29H. The number of furan rings is 1. The maximum atomic E-state index is 6.74. The average Bonchev–Trinajstić information content (AvgIpc) is 3.60. The summed E-state index contributed by atoms with van der Waals surface area (Å²) >= 11 is 0. The van der Waals surface area contributed by atoms with Crippen LogP contribution in [0.25, 0.3) is 99.9 Å². The summed E-state index contributed by atoms with van der Waals surface area (Å²) < 4.78 is 6.74. The summed E-state index contributed by atoms with van der Waals surface area (Å²) in [5.74, 6) is 1.83. The van der Waals surface area contributed by atoms with Gasteiger partial charge in [0, 0.05) is 32.8 Å². The lowest BCUT2D eigenvalue weighted by Crippen LogP contribution is -2.00. The molecule has 0 spiro atoms. The van der Waals surface area contributed by atoms with Crippen LogP contribution in [0, 0.1) is 0 Å². The van der Waals surface area contributed by atoms with Crippen molar-refractivity contribution in [2.45, 2.75) is 0 Å². The second kappa shape index (κ2) is 11.9. The normalized spacial score (nSPS) is 11.5. The van der Waals surface area contributed by atoms with Crippen molar-refractivity contribution in [3.05, 3.63) is 176 Å². The van der Waals surface area contributed by atoms with Crippen LogP contribution in [0.5, 0.6) is 0 Å². The van der Waals surface area contributed by atoms with Crippen LogP contribution >= 0.6 is 0 Å². The summed E-state index contributed by atoms with van der Waals surface area (Å²) in [7, 11) is 0. The molecule has 4 heteroatoms. The molecule has 0 aliphatic heterocycles. The fourth-order valence-corrected chi connectivity index (χ4v) is 7.14. The first-order valence-corrected chi connectivity index (χ1v) is 17.1. The quantitative estimate of drug-likeness (QED) is 0.186. The lowest BCUT2D eigenvalue weighted by atomic mass is 9.95. The molecule has 0 bridgehead atoms. The molecule has 2 heterocycles. The van der Waals surface area contributed by atoms with Crippen molar-refractivity contribution in [3.8, 4) is 56.4 Å². The Balaban J connectivity index is 1.13. The molecule has 0 fully saturated rings. The Morgan fingerprint density at radius 1 is 0.333 bits per heavy atom. The van der Waals surface area contributed by atoms with Crippen LogP contribution in [0.2, 0.25) is 0 Å². The van der Waals surface area contributed by atoms with E-state index in [1.165, 1.54) is 11.1 Å². The molecule has 0 radical (unpaired) electrons. The van der Waals surface area contributed by atoms with Crippen LogP contribution in [-0.4, -0.2) is 15.0 Å².